The molecule has 6 heteroatoms. The summed E-state index contributed by atoms with van der Waals surface area (Å²) >= 11 is 0. The first-order valence-corrected chi connectivity index (χ1v) is 5.76. The lowest BCUT2D eigenvalue weighted by atomic mass is 10.0. The third-order valence-corrected chi connectivity index (χ3v) is 2.82. The zero-order valence-electron chi connectivity index (χ0n) is 10.2. The van der Waals surface area contributed by atoms with Crippen LogP contribution >= 0.6 is 0 Å². The molecule has 0 saturated carbocycles. The number of ketones is 1. The topological polar surface area (TPSA) is 87.3 Å². The van der Waals surface area contributed by atoms with Crippen molar-refractivity contribution in [2.24, 2.45) is 0 Å². The van der Waals surface area contributed by atoms with E-state index in [1.54, 1.807) is 6.07 Å². The van der Waals surface area contributed by atoms with Crippen LogP contribution in [0.2, 0.25) is 0 Å². The minimum atomic E-state index is -0.0937. The summed E-state index contributed by atoms with van der Waals surface area (Å²) in [6.07, 6.45) is 2.89. The number of carbonyl (C=O) groups excluding carboxylic acids is 1. The van der Waals surface area contributed by atoms with Crippen LogP contribution < -0.4 is 0 Å². The lowest BCUT2D eigenvalue weighted by molar-refractivity contribution is 0.103. The molecular formula is C13H11N5O. The Morgan fingerprint density at radius 1 is 1.21 bits per heavy atom. The Morgan fingerprint density at radius 3 is 2.84 bits per heavy atom. The highest BCUT2D eigenvalue weighted by Gasteiger charge is 2.18. The Bertz CT molecular complexity index is 714. The fourth-order valence-electron chi connectivity index (χ4n) is 1.91. The second-order valence-corrected chi connectivity index (χ2v) is 4.19. The first-order chi connectivity index (χ1) is 9.25. The number of aromatic amines is 2. The minimum absolute atomic E-state index is 0.0937. The number of hydrogen-bond acceptors (Lipinski definition) is 4. The molecule has 2 aromatic heterocycles. The summed E-state index contributed by atoms with van der Waals surface area (Å²) in [7, 11) is 0. The quantitative estimate of drug-likeness (QED) is 0.696. The molecule has 0 bridgehead atoms. The summed E-state index contributed by atoms with van der Waals surface area (Å²) < 4.78 is 0. The molecule has 3 aromatic rings. The molecule has 3 rings (SSSR count). The average Bonchev–Trinajstić information content (AvgIpc) is 3.08. The maximum absolute atomic E-state index is 12.5. The van der Waals surface area contributed by atoms with E-state index in [2.05, 4.69) is 25.4 Å². The molecule has 0 aliphatic carbocycles. The van der Waals surface area contributed by atoms with Gasteiger partial charge in [0.2, 0.25) is 0 Å². The predicted molar refractivity (Wildman–Crippen MR) is 68.6 cm³/mol. The van der Waals surface area contributed by atoms with Crippen LogP contribution in [0.4, 0.5) is 0 Å². The van der Waals surface area contributed by atoms with E-state index in [0.717, 1.165) is 5.56 Å². The van der Waals surface area contributed by atoms with E-state index in [9.17, 15) is 4.79 Å². The van der Waals surface area contributed by atoms with E-state index < -0.39 is 0 Å². The molecule has 0 spiro atoms. The predicted octanol–water partition coefficient (Wildman–Crippen LogP) is 1.73. The van der Waals surface area contributed by atoms with Gasteiger partial charge in [0.15, 0.2) is 11.6 Å². The normalized spacial score (nSPS) is 10.6. The Hall–Kier alpha value is -2.76. The lowest BCUT2D eigenvalue weighted by Gasteiger charge is -2.01. The molecule has 94 valence electrons. The summed E-state index contributed by atoms with van der Waals surface area (Å²) in [5, 5.41) is 13.2. The largest absolute Gasteiger partial charge is 0.288 e. The zero-order chi connectivity index (χ0) is 13.2. The number of aromatic nitrogens is 5. The summed E-state index contributed by atoms with van der Waals surface area (Å²) in [4.78, 5) is 16.5. The maximum Gasteiger partial charge on any atom is 0.196 e. The standard InChI is InChI=1S/C13H11N5O/c1-8-3-2-4-9(5-8)12(19)10-6-15-17-11(10)13-14-7-16-18-13/h2-7H,1H3,(H,15,17)(H,14,16,18). The molecule has 0 fully saturated rings. The van der Waals surface area contributed by atoms with Crippen molar-refractivity contribution in [3.8, 4) is 11.5 Å². The summed E-state index contributed by atoms with van der Waals surface area (Å²) in [5.41, 5.74) is 2.68. The Kier molecular flexibility index (Phi) is 2.68. The third kappa shape index (κ3) is 2.03. The number of aryl methyl sites for hydroxylation is 1. The van der Waals surface area contributed by atoms with Crippen LogP contribution in [0, 0.1) is 6.92 Å². The molecule has 0 amide bonds. The molecule has 1 aromatic carbocycles. The number of hydrogen-bond donors (Lipinski definition) is 2. The van der Waals surface area contributed by atoms with Crippen LogP contribution in [-0.4, -0.2) is 31.2 Å². The van der Waals surface area contributed by atoms with E-state index in [0.29, 0.717) is 22.6 Å². The molecular weight excluding hydrogens is 242 g/mol. The fraction of sp³-hybridized carbons (Fsp3) is 0.0769. The highest BCUT2D eigenvalue weighted by atomic mass is 16.1. The van der Waals surface area contributed by atoms with Gasteiger partial charge in [-0.3, -0.25) is 15.0 Å². The maximum atomic E-state index is 12.5. The van der Waals surface area contributed by atoms with Gasteiger partial charge in [0, 0.05) is 5.56 Å². The van der Waals surface area contributed by atoms with E-state index in [1.165, 1.54) is 12.5 Å². The van der Waals surface area contributed by atoms with Crippen LogP contribution in [0.15, 0.2) is 36.8 Å². The monoisotopic (exact) mass is 253 g/mol. The third-order valence-electron chi connectivity index (χ3n) is 2.82. The highest BCUT2D eigenvalue weighted by molar-refractivity contribution is 6.11. The van der Waals surface area contributed by atoms with E-state index >= 15 is 0 Å². The molecule has 2 N–H and O–H groups in total. The van der Waals surface area contributed by atoms with Gasteiger partial charge in [-0.1, -0.05) is 23.8 Å². The van der Waals surface area contributed by atoms with E-state index in [-0.39, 0.29) is 5.78 Å². The smallest absolute Gasteiger partial charge is 0.196 e. The van der Waals surface area contributed by atoms with E-state index in [1.807, 2.05) is 25.1 Å². The number of nitrogens with one attached hydrogen (secondary N) is 2. The average molecular weight is 253 g/mol. The van der Waals surface area contributed by atoms with Gasteiger partial charge >= 0.3 is 0 Å². The van der Waals surface area contributed by atoms with Gasteiger partial charge in [0.1, 0.15) is 12.0 Å². The first-order valence-electron chi connectivity index (χ1n) is 5.76. The number of benzene rings is 1. The van der Waals surface area contributed by atoms with Crippen molar-refractivity contribution in [2.75, 3.05) is 0 Å². The summed E-state index contributed by atoms with van der Waals surface area (Å²) in [6.45, 7) is 1.95. The Labute approximate surface area is 108 Å². The Balaban J connectivity index is 2.04. The van der Waals surface area contributed by atoms with Crippen LogP contribution in [-0.2, 0) is 0 Å². The van der Waals surface area contributed by atoms with Gasteiger partial charge in [0.05, 0.1) is 11.8 Å². The van der Waals surface area contributed by atoms with Crippen LogP contribution in [0.1, 0.15) is 21.5 Å². The molecule has 0 saturated heterocycles. The summed E-state index contributed by atoms with van der Waals surface area (Å²) in [6, 6.07) is 7.44. The number of H-pyrrole nitrogens is 2. The molecule has 0 unspecified atom stereocenters. The van der Waals surface area contributed by atoms with Gasteiger partial charge in [-0.25, -0.2) is 4.98 Å². The van der Waals surface area contributed by atoms with Crippen molar-refractivity contribution in [1.29, 1.82) is 0 Å². The first kappa shape index (κ1) is 11.3. The van der Waals surface area contributed by atoms with Crippen molar-refractivity contribution in [3.05, 3.63) is 53.5 Å². The molecule has 6 nitrogen and oxygen atoms in total. The molecule has 0 aliphatic heterocycles. The minimum Gasteiger partial charge on any atom is -0.288 e. The van der Waals surface area contributed by atoms with Gasteiger partial charge in [0.25, 0.3) is 0 Å². The van der Waals surface area contributed by atoms with Crippen LogP contribution in [0.3, 0.4) is 0 Å². The second kappa shape index (κ2) is 4.49. The van der Waals surface area contributed by atoms with Crippen molar-refractivity contribution < 1.29 is 4.79 Å². The van der Waals surface area contributed by atoms with Crippen LogP contribution in [0.5, 0.6) is 0 Å². The van der Waals surface area contributed by atoms with Gasteiger partial charge in [-0.2, -0.15) is 10.2 Å². The van der Waals surface area contributed by atoms with Gasteiger partial charge in [-0.05, 0) is 13.0 Å². The second-order valence-electron chi connectivity index (χ2n) is 4.19. The van der Waals surface area contributed by atoms with Crippen molar-refractivity contribution >= 4 is 5.78 Å². The van der Waals surface area contributed by atoms with Gasteiger partial charge in [-0.15, -0.1) is 0 Å². The van der Waals surface area contributed by atoms with Crippen molar-refractivity contribution in [2.45, 2.75) is 6.92 Å². The number of carbonyl (C=O) groups is 1. The number of nitrogens with zero attached hydrogens (tertiary/aromatic N) is 3. The highest BCUT2D eigenvalue weighted by Crippen LogP contribution is 2.20. The van der Waals surface area contributed by atoms with Crippen LogP contribution in [0.25, 0.3) is 11.5 Å². The Morgan fingerprint density at radius 2 is 2.11 bits per heavy atom. The molecule has 2 heterocycles. The van der Waals surface area contributed by atoms with Gasteiger partial charge < -0.3 is 0 Å². The molecule has 19 heavy (non-hydrogen) atoms. The summed E-state index contributed by atoms with van der Waals surface area (Å²) in [5.74, 6) is 0.400. The van der Waals surface area contributed by atoms with Crippen molar-refractivity contribution in [1.82, 2.24) is 25.4 Å². The lowest BCUT2D eigenvalue weighted by Crippen LogP contribution is -2.02. The fourth-order valence-corrected chi connectivity index (χ4v) is 1.91. The van der Waals surface area contributed by atoms with Crippen molar-refractivity contribution in [3.63, 3.8) is 0 Å². The number of rotatable bonds is 3. The van der Waals surface area contributed by atoms with E-state index in [4.69, 9.17) is 0 Å². The molecule has 0 radical (unpaired) electrons. The SMILES string of the molecule is Cc1cccc(C(=O)c2cn[nH]c2-c2ncn[nH]2)c1. The molecule has 0 atom stereocenters. The zero-order valence-corrected chi connectivity index (χ0v) is 10.2. The molecule has 0 aliphatic rings.